The van der Waals surface area contributed by atoms with Crippen molar-refractivity contribution in [2.45, 2.75) is 45.4 Å². The van der Waals surface area contributed by atoms with Crippen LogP contribution in [-0.4, -0.2) is 13.1 Å². The zero-order valence-electron chi connectivity index (χ0n) is 11.4. The van der Waals surface area contributed by atoms with E-state index < -0.39 is 0 Å². The maximum atomic E-state index is 5.83. The Labute approximate surface area is 110 Å². The molecular formula is C16H24N2. The van der Waals surface area contributed by atoms with E-state index in [9.17, 15) is 0 Å². The molecule has 2 N–H and O–H groups in total. The molecular weight excluding hydrogens is 220 g/mol. The molecule has 0 aromatic heterocycles. The molecule has 1 aliphatic heterocycles. The number of hydrogen-bond donors (Lipinski definition) is 1. The molecule has 98 valence electrons. The fourth-order valence-corrected chi connectivity index (χ4v) is 3.76. The maximum absolute atomic E-state index is 5.83. The van der Waals surface area contributed by atoms with Crippen molar-refractivity contribution < 1.29 is 0 Å². The van der Waals surface area contributed by atoms with Crippen molar-refractivity contribution in [3.8, 4) is 0 Å². The molecule has 2 heteroatoms. The van der Waals surface area contributed by atoms with Crippen LogP contribution in [0.3, 0.4) is 0 Å². The standard InChI is InChI=1S/C16H24N2/c1-13-10-14(17)6-7-15(13)18-11-16(12-18)8-4-2-3-5-9-16/h6-7,10H,2-5,8-9,11-12,17H2,1H3. The molecule has 1 saturated heterocycles. The molecule has 0 amide bonds. The molecule has 1 aromatic carbocycles. The third kappa shape index (κ3) is 2.09. The third-order valence-electron chi connectivity index (χ3n) is 4.78. The van der Waals surface area contributed by atoms with E-state index in [1.165, 1.54) is 62.9 Å². The van der Waals surface area contributed by atoms with Crippen molar-refractivity contribution in [2.75, 3.05) is 23.7 Å². The summed E-state index contributed by atoms with van der Waals surface area (Å²) in [7, 11) is 0. The van der Waals surface area contributed by atoms with Gasteiger partial charge in [-0.15, -0.1) is 0 Å². The van der Waals surface area contributed by atoms with Crippen LogP contribution in [0.25, 0.3) is 0 Å². The van der Waals surface area contributed by atoms with Crippen LogP contribution < -0.4 is 10.6 Å². The smallest absolute Gasteiger partial charge is 0.0397 e. The first-order valence-corrected chi connectivity index (χ1v) is 7.30. The zero-order valence-corrected chi connectivity index (χ0v) is 11.4. The second-order valence-electron chi connectivity index (χ2n) is 6.32. The van der Waals surface area contributed by atoms with Crippen molar-refractivity contribution in [2.24, 2.45) is 5.41 Å². The van der Waals surface area contributed by atoms with Gasteiger partial charge in [0.25, 0.3) is 0 Å². The Bertz CT molecular complexity index is 423. The fourth-order valence-electron chi connectivity index (χ4n) is 3.76. The van der Waals surface area contributed by atoms with Crippen molar-refractivity contribution in [3.63, 3.8) is 0 Å². The van der Waals surface area contributed by atoms with Crippen molar-refractivity contribution in [1.29, 1.82) is 0 Å². The quantitative estimate of drug-likeness (QED) is 0.763. The van der Waals surface area contributed by atoms with Gasteiger partial charge in [0.1, 0.15) is 0 Å². The molecule has 1 saturated carbocycles. The number of nitrogens with two attached hydrogens (primary N) is 1. The molecule has 0 atom stereocenters. The minimum absolute atomic E-state index is 0.643. The van der Waals surface area contributed by atoms with E-state index in [1.807, 2.05) is 6.07 Å². The summed E-state index contributed by atoms with van der Waals surface area (Å²) in [5.41, 5.74) is 10.1. The molecule has 2 nitrogen and oxygen atoms in total. The largest absolute Gasteiger partial charge is 0.399 e. The van der Waals surface area contributed by atoms with E-state index in [0.29, 0.717) is 5.41 Å². The summed E-state index contributed by atoms with van der Waals surface area (Å²) in [4.78, 5) is 2.54. The van der Waals surface area contributed by atoms with Gasteiger partial charge in [0, 0.05) is 29.9 Å². The monoisotopic (exact) mass is 244 g/mol. The first kappa shape index (κ1) is 11.9. The van der Waals surface area contributed by atoms with Gasteiger partial charge in [-0.1, -0.05) is 25.7 Å². The van der Waals surface area contributed by atoms with Gasteiger partial charge >= 0.3 is 0 Å². The lowest BCUT2D eigenvalue weighted by Crippen LogP contribution is -2.56. The number of aryl methyl sites for hydroxylation is 1. The number of nitrogens with zero attached hydrogens (tertiary/aromatic N) is 1. The Morgan fingerprint density at radius 3 is 2.33 bits per heavy atom. The van der Waals surface area contributed by atoms with Crippen molar-refractivity contribution in [1.82, 2.24) is 0 Å². The van der Waals surface area contributed by atoms with Crippen LogP contribution in [0.4, 0.5) is 11.4 Å². The van der Waals surface area contributed by atoms with Gasteiger partial charge in [-0.3, -0.25) is 0 Å². The van der Waals surface area contributed by atoms with Crippen LogP contribution >= 0.6 is 0 Å². The minimum Gasteiger partial charge on any atom is -0.399 e. The Hall–Kier alpha value is -1.18. The first-order valence-electron chi connectivity index (χ1n) is 7.30. The summed E-state index contributed by atoms with van der Waals surface area (Å²) in [5.74, 6) is 0. The molecule has 3 rings (SSSR count). The van der Waals surface area contributed by atoms with Gasteiger partial charge < -0.3 is 10.6 Å². The Balaban J connectivity index is 1.70. The molecule has 1 aromatic rings. The van der Waals surface area contributed by atoms with E-state index in [-0.39, 0.29) is 0 Å². The highest BCUT2D eigenvalue weighted by atomic mass is 15.2. The van der Waals surface area contributed by atoms with E-state index in [0.717, 1.165) is 5.69 Å². The van der Waals surface area contributed by atoms with Crippen LogP contribution in [0.2, 0.25) is 0 Å². The molecule has 2 fully saturated rings. The van der Waals surface area contributed by atoms with Gasteiger partial charge in [0.2, 0.25) is 0 Å². The molecule has 2 aliphatic rings. The second kappa shape index (κ2) is 4.49. The highest BCUT2D eigenvalue weighted by molar-refractivity contribution is 5.60. The number of rotatable bonds is 1. The van der Waals surface area contributed by atoms with Crippen molar-refractivity contribution in [3.05, 3.63) is 23.8 Å². The van der Waals surface area contributed by atoms with Crippen LogP contribution in [0.1, 0.15) is 44.1 Å². The van der Waals surface area contributed by atoms with E-state index in [1.54, 1.807) is 0 Å². The average molecular weight is 244 g/mol. The Kier molecular flexibility index (Phi) is 2.96. The van der Waals surface area contributed by atoms with E-state index in [4.69, 9.17) is 5.73 Å². The zero-order chi connectivity index (χ0) is 12.6. The maximum Gasteiger partial charge on any atom is 0.0397 e. The normalized spacial score (nSPS) is 22.6. The fraction of sp³-hybridized carbons (Fsp3) is 0.625. The third-order valence-corrected chi connectivity index (χ3v) is 4.78. The molecule has 0 bridgehead atoms. The summed E-state index contributed by atoms with van der Waals surface area (Å²) in [6.07, 6.45) is 8.66. The summed E-state index contributed by atoms with van der Waals surface area (Å²) < 4.78 is 0. The molecule has 1 heterocycles. The highest BCUT2D eigenvalue weighted by Gasteiger charge is 2.42. The van der Waals surface area contributed by atoms with Crippen LogP contribution in [-0.2, 0) is 0 Å². The molecule has 0 unspecified atom stereocenters. The Morgan fingerprint density at radius 2 is 1.72 bits per heavy atom. The predicted molar refractivity (Wildman–Crippen MR) is 77.9 cm³/mol. The van der Waals surface area contributed by atoms with E-state index >= 15 is 0 Å². The lowest BCUT2D eigenvalue weighted by molar-refractivity contribution is 0.180. The molecule has 1 aliphatic carbocycles. The number of anilines is 2. The van der Waals surface area contributed by atoms with Gasteiger partial charge in [-0.05, 0) is 43.5 Å². The van der Waals surface area contributed by atoms with Crippen LogP contribution in [0, 0.1) is 12.3 Å². The van der Waals surface area contributed by atoms with Gasteiger partial charge in [-0.25, -0.2) is 0 Å². The second-order valence-corrected chi connectivity index (χ2v) is 6.32. The average Bonchev–Trinajstić information content (AvgIpc) is 2.53. The summed E-state index contributed by atoms with van der Waals surface area (Å²) >= 11 is 0. The lowest BCUT2D eigenvalue weighted by atomic mass is 9.73. The molecule has 18 heavy (non-hydrogen) atoms. The van der Waals surface area contributed by atoms with E-state index in [2.05, 4.69) is 24.0 Å². The number of nitrogen functional groups attached to an aromatic ring is 1. The Morgan fingerprint density at radius 1 is 1.06 bits per heavy atom. The predicted octanol–water partition coefficient (Wildman–Crippen LogP) is 3.74. The minimum atomic E-state index is 0.643. The highest BCUT2D eigenvalue weighted by Crippen LogP contribution is 2.45. The molecule has 0 radical (unpaired) electrons. The van der Waals surface area contributed by atoms with Crippen LogP contribution in [0.5, 0.6) is 0 Å². The topological polar surface area (TPSA) is 29.3 Å². The first-order chi connectivity index (χ1) is 8.69. The van der Waals surface area contributed by atoms with Crippen LogP contribution in [0.15, 0.2) is 18.2 Å². The number of benzene rings is 1. The van der Waals surface area contributed by atoms with Gasteiger partial charge in [0.05, 0.1) is 0 Å². The summed E-state index contributed by atoms with van der Waals surface area (Å²) in [6, 6.07) is 6.31. The molecule has 1 spiro atoms. The summed E-state index contributed by atoms with van der Waals surface area (Å²) in [5, 5.41) is 0. The van der Waals surface area contributed by atoms with Gasteiger partial charge in [0.15, 0.2) is 0 Å². The van der Waals surface area contributed by atoms with Gasteiger partial charge in [-0.2, -0.15) is 0 Å². The number of hydrogen-bond acceptors (Lipinski definition) is 2. The SMILES string of the molecule is Cc1cc(N)ccc1N1CC2(CCCCCC2)C1. The summed E-state index contributed by atoms with van der Waals surface area (Å²) in [6.45, 7) is 4.69. The van der Waals surface area contributed by atoms with Crippen molar-refractivity contribution >= 4 is 11.4 Å². The lowest BCUT2D eigenvalue weighted by Gasteiger charge is -2.52.